The molecule has 1 spiro atoms. The van der Waals surface area contributed by atoms with Crippen LogP contribution in [-0.2, 0) is 16.1 Å². The van der Waals surface area contributed by atoms with E-state index in [1.54, 1.807) is 5.06 Å². The van der Waals surface area contributed by atoms with Gasteiger partial charge in [0.05, 0.1) is 5.70 Å². The number of anilines is 1. The second-order valence-electron chi connectivity index (χ2n) is 7.64. The van der Waals surface area contributed by atoms with Crippen LogP contribution in [0.15, 0.2) is 54.6 Å². The number of para-hydroxylation sites is 1. The van der Waals surface area contributed by atoms with Crippen LogP contribution in [0.2, 0.25) is 0 Å². The summed E-state index contributed by atoms with van der Waals surface area (Å²) in [6.45, 7) is 5.36. The zero-order chi connectivity index (χ0) is 20.3. The lowest BCUT2D eigenvalue weighted by molar-refractivity contribution is -0.153. The Morgan fingerprint density at radius 2 is 1.90 bits per heavy atom. The summed E-state index contributed by atoms with van der Waals surface area (Å²) >= 11 is 0. The predicted molar refractivity (Wildman–Crippen MR) is 113 cm³/mol. The fourth-order valence-electron chi connectivity index (χ4n) is 3.76. The van der Waals surface area contributed by atoms with E-state index in [9.17, 15) is 4.79 Å². The number of nitrogens with one attached hydrogen (secondary N) is 2. The first-order valence-electron chi connectivity index (χ1n) is 10.1. The van der Waals surface area contributed by atoms with Gasteiger partial charge in [0.2, 0.25) is 0 Å². The van der Waals surface area contributed by atoms with E-state index in [4.69, 9.17) is 9.68 Å². The molecule has 2 aromatic carbocycles. The zero-order valence-corrected chi connectivity index (χ0v) is 16.9. The van der Waals surface area contributed by atoms with Crippen molar-refractivity contribution in [1.82, 2.24) is 10.5 Å². The molecule has 2 aliphatic heterocycles. The molecule has 4 rings (SSSR count). The molecule has 2 N–H and O–H groups in total. The summed E-state index contributed by atoms with van der Waals surface area (Å²) in [5.41, 5.74) is 7.93. The van der Waals surface area contributed by atoms with Gasteiger partial charge in [0, 0.05) is 18.8 Å². The number of amides is 1. The van der Waals surface area contributed by atoms with Crippen molar-refractivity contribution in [3.63, 3.8) is 0 Å². The zero-order valence-electron chi connectivity index (χ0n) is 16.9. The van der Waals surface area contributed by atoms with Crippen LogP contribution in [0.5, 0.6) is 0 Å². The Bertz CT molecular complexity index is 900. The largest absolute Gasteiger partial charge is 0.430 e. The maximum atomic E-state index is 12.3. The lowest BCUT2D eigenvalue weighted by atomic mass is 9.91. The van der Waals surface area contributed by atoms with Gasteiger partial charge in [0.1, 0.15) is 5.60 Å². The molecule has 2 heterocycles. The first-order chi connectivity index (χ1) is 14.1. The number of rotatable bonds is 4. The van der Waals surface area contributed by atoms with Gasteiger partial charge >= 0.3 is 6.09 Å². The molecule has 6 heteroatoms. The summed E-state index contributed by atoms with van der Waals surface area (Å²) in [5.74, 6) is 0. The Hall–Kier alpha value is -2.83. The maximum Gasteiger partial charge on any atom is 0.430 e. The Balaban J connectivity index is 1.32. The van der Waals surface area contributed by atoms with E-state index in [1.165, 1.54) is 5.56 Å². The van der Waals surface area contributed by atoms with E-state index in [2.05, 4.69) is 55.0 Å². The number of nitrogens with zero attached hydrogens (tertiary/aromatic N) is 1. The highest BCUT2D eigenvalue weighted by Crippen LogP contribution is 2.34. The van der Waals surface area contributed by atoms with Crippen molar-refractivity contribution in [2.24, 2.45) is 0 Å². The van der Waals surface area contributed by atoms with Crippen molar-refractivity contribution in [2.75, 3.05) is 18.4 Å². The average Bonchev–Trinajstić information content (AvgIpc) is 3.14. The summed E-state index contributed by atoms with van der Waals surface area (Å²) < 4.78 is 0. The van der Waals surface area contributed by atoms with Gasteiger partial charge in [-0.3, -0.25) is 15.6 Å². The van der Waals surface area contributed by atoms with Crippen molar-refractivity contribution in [3.8, 4) is 0 Å². The molecule has 1 fully saturated rings. The summed E-state index contributed by atoms with van der Waals surface area (Å²) in [4.78, 5) is 23.7. The number of carbonyl (C=O) groups excluding carboxylic acids is 1. The molecule has 0 bridgehead atoms. The number of hydrogen-bond acceptors (Lipinski definition) is 5. The minimum Gasteiger partial charge on any atom is -0.351 e. The van der Waals surface area contributed by atoms with E-state index in [-0.39, 0.29) is 5.60 Å². The predicted octanol–water partition coefficient (Wildman–Crippen LogP) is 4.43. The van der Waals surface area contributed by atoms with E-state index >= 15 is 0 Å². The number of piperidine rings is 1. The van der Waals surface area contributed by atoms with Crippen molar-refractivity contribution >= 4 is 17.5 Å². The number of aryl methyl sites for hydroxylation is 2. The molecule has 0 aromatic heterocycles. The number of carbonyl (C=O) groups is 1. The van der Waals surface area contributed by atoms with Gasteiger partial charge in [-0.2, -0.15) is 0 Å². The molecule has 1 amide bonds. The first-order valence-corrected chi connectivity index (χ1v) is 10.1. The minimum atomic E-state index is -0.455. The van der Waals surface area contributed by atoms with Crippen LogP contribution >= 0.6 is 0 Å². The van der Waals surface area contributed by atoms with Crippen molar-refractivity contribution in [3.05, 3.63) is 71.3 Å². The molecule has 1 saturated heterocycles. The second-order valence-corrected chi connectivity index (χ2v) is 7.64. The van der Waals surface area contributed by atoms with Crippen LogP contribution in [-0.4, -0.2) is 29.8 Å². The molecule has 2 aromatic rings. The van der Waals surface area contributed by atoms with Crippen LogP contribution in [0, 0.1) is 6.92 Å². The van der Waals surface area contributed by atoms with Crippen molar-refractivity contribution < 1.29 is 14.5 Å². The van der Waals surface area contributed by atoms with Crippen molar-refractivity contribution in [2.45, 2.75) is 38.7 Å². The minimum absolute atomic E-state index is 0.356. The molecule has 0 aliphatic carbocycles. The number of benzene rings is 2. The highest BCUT2D eigenvalue weighted by atomic mass is 16.7. The summed E-state index contributed by atoms with van der Waals surface area (Å²) in [6, 6.07) is 16.1. The highest BCUT2D eigenvalue weighted by molar-refractivity contribution is 5.85. The van der Waals surface area contributed by atoms with Gasteiger partial charge < -0.3 is 4.84 Å². The van der Waals surface area contributed by atoms with Crippen LogP contribution in [0.25, 0.3) is 5.70 Å². The number of hydrogen-bond donors (Lipinski definition) is 2. The quantitative estimate of drug-likeness (QED) is 0.805. The monoisotopic (exact) mass is 393 g/mol. The lowest BCUT2D eigenvalue weighted by Gasteiger charge is -2.35. The van der Waals surface area contributed by atoms with E-state index in [0.717, 1.165) is 41.8 Å². The fourth-order valence-corrected chi connectivity index (χ4v) is 3.76. The smallest absolute Gasteiger partial charge is 0.351 e. The van der Waals surface area contributed by atoms with E-state index in [1.807, 2.05) is 24.3 Å². The molecular weight excluding hydrogens is 366 g/mol. The van der Waals surface area contributed by atoms with Crippen molar-refractivity contribution in [1.29, 1.82) is 0 Å². The van der Waals surface area contributed by atoms with Crippen LogP contribution in [0.3, 0.4) is 0 Å². The molecule has 6 nitrogen and oxygen atoms in total. The van der Waals surface area contributed by atoms with Gasteiger partial charge in [-0.05, 0) is 49.5 Å². The summed E-state index contributed by atoms with van der Waals surface area (Å²) in [6.07, 6.45) is 4.04. The lowest BCUT2D eigenvalue weighted by Crippen LogP contribution is -2.45. The fraction of sp³-hybridized carbons (Fsp3) is 0.348. The molecule has 152 valence electrons. The molecule has 0 radical (unpaired) electrons. The third kappa shape index (κ3) is 4.44. The van der Waals surface area contributed by atoms with Crippen LogP contribution in [0.1, 0.15) is 36.5 Å². The second kappa shape index (κ2) is 8.27. The van der Waals surface area contributed by atoms with Gasteiger partial charge in [-0.1, -0.05) is 55.0 Å². The molecule has 2 aliphatic rings. The third-order valence-electron chi connectivity index (χ3n) is 5.55. The molecule has 0 atom stereocenters. The van der Waals surface area contributed by atoms with E-state index in [0.29, 0.717) is 13.1 Å². The SMILES string of the molecule is CCc1ccccc1NC(=O)ON1CCC2(C=C(c3ccc(C)cc3)NO2)CC1. The number of hydroxylamine groups is 3. The Kier molecular flexibility index (Phi) is 5.56. The Morgan fingerprint density at radius 3 is 2.62 bits per heavy atom. The molecule has 29 heavy (non-hydrogen) atoms. The molecule has 0 unspecified atom stereocenters. The normalized spacial score (nSPS) is 18.2. The third-order valence-corrected chi connectivity index (χ3v) is 5.55. The topological polar surface area (TPSA) is 62.8 Å². The average molecular weight is 393 g/mol. The van der Waals surface area contributed by atoms with Gasteiger partial charge in [-0.25, -0.2) is 4.79 Å². The van der Waals surface area contributed by atoms with Gasteiger partial charge in [0.15, 0.2) is 0 Å². The first kappa shape index (κ1) is 19.5. The summed E-state index contributed by atoms with van der Waals surface area (Å²) in [7, 11) is 0. The van der Waals surface area contributed by atoms with Gasteiger partial charge in [-0.15, -0.1) is 5.06 Å². The Morgan fingerprint density at radius 1 is 1.17 bits per heavy atom. The molecular formula is C23H27N3O3. The maximum absolute atomic E-state index is 12.3. The highest BCUT2D eigenvalue weighted by Gasteiger charge is 2.39. The van der Waals surface area contributed by atoms with Gasteiger partial charge in [0.25, 0.3) is 0 Å². The molecule has 0 saturated carbocycles. The summed E-state index contributed by atoms with van der Waals surface area (Å²) in [5, 5.41) is 4.55. The standard InChI is InChI=1S/C23H27N3O3/c1-3-18-6-4-5-7-20(18)24-22(27)28-26-14-12-23(13-15-26)16-21(25-29-23)19-10-8-17(2)9-11-19/h4-11,16,25H,3,12-15H2,1-2H3,(H,24,27). The van der Waals surface area contributed by atoms with E-state index < -0.39 is 6.09 Å². The Labute approximate surface area is 171 Å². The van der Waals surface area contributed by atoms with Crippen LogP contribution in [0.4, 0.5) is 10.5 Å². The van der Waals surface area contributed by atoms with Crippen LogP contribution < -0.4 is 10.8 Å².